The Kier molecular flexibility index (Phi) is 5.14. The van der Waals surface area contributed by atoms with Gasteiger partial charge in [0.05, 0.1) is 11.4 Å². The third kappa shape index (κ3) is 4.06. The van der Waals surface area contributed by atoms with Gasteiger partial charge in [0.1, 0.15) is 6.10 Å². The van der Waals surface area contributed by atoms with Crippen LogP contribution in [0.1, 0.15) is 34.3 Å². The van der Waals surface area contributed by atoms with Gasteiger partial charge in [-0.25, -0.2) is 0 Å². The molecule has 130 valence electrons. The van der Waals surface area contributed by atoms with Crippen LogP contribution < -0.4 is 10.6 Å². The second-order valence-electron chi connectivity index (χ2n) is 6.31. The van der Waals surface area contributed by atoms with Crippen LogP contribution >= 0.6 is 0 Å². The van der Waals surface area contributed by atoms with Gasteiger partial charge in [-0.3, -0.25) is 9.59 Å². The molecule has 5 heteroatoms. The van der Waals surface area contributed by atoms with Gasteiger partial charge in [0.2, 0.25) is 0 Å². The fourth-order valence-electron chi connectivity index (χ4n) is 2.89. The van der Waals surface area contributed by atoms with E-state index in [2.05, 4.69) is 10.6 Å². The lowest BCUT2D eigenvalue weighted by Crippen LogP contribution is -2.27. The summed E-state index contributed by atoms with van der Waals surface area (Å²) in [6, 6.07) is 12.9. The number of aryl methyl sites for hydroxylation is 2. The SMILES string of the molecule is Cc1ccc(NC(=O)c2ccccc2C)c(NC(=O)C2CCCO2)c1. The first-order valence-corrected chi connectivity index (χ1v) is 8.44. The molecule has 1 heterocycles. The highest BCUT2D eigenvalue weighted by atomic mass is 16.5. The van der Waals surface area contributed by atoms with E-state index in [1.54, 1.807) is 12.1 Å². The summed E-state index contributed by atoms with van der Waals surface area (Å²) in [5.74, 6) is -0.371. The predicted molar refractivity (Wildman–Crippen MR) is 97.9 cm³/mol. The Labute approximate surface area is 147 Å². The number of rotatable bonds is 4. The molecule has 1 saturated heterocycles. The number of hydrogen-bond donors (Lipinski definition) is 2. The van der Waals surface area contributed by atoms with Gasteiger partial charge in [0, 0.05) is 12.2 Å². The van der Waals surface area contributed by atoms with Crippen LogP contribution in [0.25, 0.3) is 0 Å². The highest BCUT2D eigenvalue weighted by molar-refractivity contribution is 6.08. The number of carbonyl (C=O) groups is 2. The van der Waals surface area contributed by atoms with Crippen molar-refractivity contribution in [1.82, 2.24) is 0 Å². The minimum atomic E-state index is -0.416. The third-order valence-electron chi connectivity index (χ3n) is 4.29. The van der Waals surface area contributed by atoms with Gasteiger partial charge in [0.15, 0.2) is 0 Å². The molecular formula is C20H22N2O3. The second-order valence-corrected chi connectivity index (χ2v) is 6.31. The van der Waals surface area contributed by atoms with Crippen LogP contribution in [0, 0.1) is 13.8 Å². The average Bonchev–Trinajstić information content (AvgIpc) is 3.12. The molecule has 1 fully saturated rings. The Morgan fingerprint density at radius 1 is 1.04 bits per heavy atom. The Balaban J connectivity index is 1.80. The van der Waals surface area contributed by atoms with Crippen molar-refractivity contribution >= 4 is 23.2 Å². The van der Waals surface area contributed by atoms with Crippen LogP contribution in [0.15, 0.2) is 42.5 Å². The molecule has 1 aliphatic heterocycles. The molecule has 25 heavy (non-hydrogen) atoms. The zero-order valence-corrected chi connectivity index (χ0v) is 14.5. The van der Waals surface area contributed by atoms with Crippen molar-refractivity contribution < 1.29 is 14.3 Å². The molecule has 0 aromatic heterocycles. The topological polar surface area (TPSA) is 67.4 Å². The van der Waals surface area contributed by atoms with Crippen molar-refractivity contribution in [2.75, 3.05) is 17.2 Å². The van der Waals surface area contributed by atoms with E-state index in [-0.39, 0.29) is 11.8 Å². The molecule has 3 rings (SSSR count). The molecule has 0 saturated carbocycles. The number of benzene rings is 2. The summed E-state index contributed by atoms with van der Waals surface area (Å²) in [6.07, 6.45) is 1.20. The summed E-state index contributed by atoms with van der Waals surface area (Å²) < 4.78 is 5.42. The molecule has 0 bridgehead atoms. The molecule has 1 aliphatic rings. The van der Waals surface area contributed by atoms with Crippen molar-refractivity contribution in [2.24, 2.45) is 0 Å². The predicted octanol–water partition coefficient (Wildman–Crippen LogP) is 3.67. The first-order valence-electron chi connectivity index (χ1n) is 8.44. The van der Waals surface area contributed by atoms with Gasteiger partial charge in [-0.1, -0.05) is 24.3 Å². The lowest BCUT2D eigenvalue weighted by molar-refractivity contribution is -0.124. The third-order valence-corrected chi connectivity index (χ3v) is 4.29. The van der Waals surface area contributed by atoms with Gasteiger partial charge in [0.25, 0.3) is 11.8 Å². The Morgan fingerprint density at radius 2 is 1.84 bits per heavy atom. The number of anilines is 2. The first kappa shape index (κ1) is 17.2. The molecule has 0 radical (unpaired) electrons. The number of carbonyl (C=O) groups excluding carboxylic acids is 2. The van der Waals surface area contributed by atoms with Crippen molar-refractivity contribution in [1.29, 1.82) is 0 Å². The molecule has 2 aromatic carbocycles. The first-order chi connectivity index (χ1) is 12.0. The summed E-state index contributed by atoms with van der Waals surface area (Å²) in [5.41, 5.74) is 3.67. The Morgan fingerprint density at radius 3 is 2.56 bits per heavy atom. The van der Waals surface area contributed by atoms with Crippen molar-refractivity contribution in [3.05, 3.63) is 59.2 Å². The van der Waals surface area contributed by atoms with Gasteiger partial charge < -0.3 is 15.4 Å². The summed E-state index contributed by atoms with van der Waals surface area (Å²) in [4.78, 5) is 24.9. The molecule has 1 unspecified atom stereocenters. The molecule has 2 N–H and O–H groups in total. The quantitative estimate of drug-likeness (QED) is 0.894. The van der Waals surface area contributed by atoms with Crippen LogP contribution in [0.3, 0.4) is 0 Å². The monoisotopic (exact) mass is 338 g/mol. The van der Waals surface area contributed by atoms with E-state index in [9.17, 15) is 9.59 Å². The maximum atomic E-state index is 12.6. The van der Waals surface area contributed by atoms with Gasteiger partial charge in [-0.15, -0.1) is 0 Å². The van der Waals surface area contributed by atoms with Crippen molar-refractivity contribution in [3.8, 4) is 0 Å². The van der Waals surface area contributed by atoms with Crippen LogP contribution in [-0.2, 0) is 9.53 Å². The molecular weight excluding hydrogens is 316 g/mol. The number of hydrogen-bond acceptors (Lipinski definition) is 3. The molecule has 0 aliphatic carbocycles. The number of amides is 2. The summed E-state index contributed by atoms with van der Waals surface area (Å²) in [5, 5.41) is 5.78. The van der Waals surface area contributed by atoms with E-state index in [0.717, 1.165) is 24.0 Å². The minimum Gasteiger partial charge on any atom is -0.368 e. The standard InChI is InChI=1S/C20H22N2O3/c1-13-9-10-16(21-19(23)15-7-4-3-6-14(15)2)17(12-13)22-20(24)18-8-5-11-25-18/h3-4,6-7,9-10,12,18H,5,8,11H2,1-2H3,(H,21,23)(H,22,24). The van der Waals surface area contributed by atoms with E-state index >= 15 is 0 Å². The van der Waals surface area contributed by atoms with E-state index < -0.39 is 6.10 Å². The van der Waals surface area contributed by atoms with Crippen molar-refractivity contribution in [2.45, 2.75) is 32.8 Å². The van der Waals surface area contributed by atoms with E-state index in [1.165, 1.54) is 0 Å². The van der Waals surface area contributed by atoms with Crippen molar-refractivity contribution in [3.63, 3.8) is 0 Å². The fourth-order valence-corrected chi connectivity index (χ4v) is 2.89. The van der Waals surface area contributed by atoms with E-state index in [4.69, 9.17) is 4.74 Å². The number of ether oxygens (including phenoxy) is 1. The second kappa shape index (κ2) is 7.49. The average molecular weight is 338 g/mol. The smallest absolute Gasteiger partial charge is 0.255 e. The zero-order chi connectivity index (χ0) is 17.8. The Hall–Kier alpha value is -2.66. The Bertz CT molecular complexity index is 795. The fraction of sp³-hybridized carbons (Fsp3) is 0.300. The molecule has 1 atom stereocenters. The van der Waals surface area contributed by atoms with Gasteiger partial charge in [-0.2, -0.15) is 0 Å². The minimum absolute atomic E-state index is 0.172. The van der Waals surface area contributed by atoms with Gasteiger partial charge >= 0.3 is 0 Å². The van der Waals surface area contributed by atoms with Crippen LogP contribution in [0.2, 0.25) is 0 Å². The van der Waals surface area contributed by atoms with Gasteiger partial charge in [-0.05, 0) is 56.0 Å². The molecule has 2 amide bonds. The highest BCUT2D eigenvalue weighted by Gasteiger charge is 2.24. The van der Waals surface area contributed by atoms with Crippen LogP contribution in [-0.4, -0.2) is 24.5 Å². The highest BCUT2D eigenvalue weighted by Crippen LogP contribution is 2.25. The summed E-state index contributed by atoms with van der Waals surface area (Å²) in [6.45, 7) is 4.45. The summed E-state index contributed by atoms with van der Waals surface area (Å²) >= 11 is 0. The largest absolute Gasteiger partial charge is 0.368 e. The van der Waals surface area contributed by atoms with Crippen LogP contribution in [0.4, 0.5) is 11.4 Å². The molecule has 0 spiro atoms. The lowest BCUT2D eigenvalue weighted by Gasteiger charge is -2.16. The number of nitrogens with one attached hydrogen (secondary N) is 2. The molecule has 5 nitrogen and oxygen atoms in total. The maximum Gasteiger partial charge on any atom is 0.255 e. The lowest BCUT2D eigenvalue weighted by atomic mass is 10.1. The zero-order valence-electron chi connectivity index (χ0n) is 14.5. The normalized spacial score (nSPS) is 16.5. The molecule has 2 aromatic rings. The van der Waals surface area contributed by atoms with E-state index in [1.807, 2.05) is 44.2 Å². The maximum absolute atomic E-state index is 12.6. The van der Waals surface area contributed by atoms with E-state index in [0.29, 0.717) is 23.5 Å². The summed E-state index contributed by atoms with van der Waals surface area (Å²) in [7, 11) is 0. The van der Waals surface area contributed by atoms with Crippen LogP contribution in [0.5, 0.6) is 0 Å².